The number of hydrogen-bond donors (Lipinski definition) is 1. The molecule has 1 aromatic heterocycles. The first-order valence-electron chi connectivity index (χ1n) is 9.12. The Bertz CT molecular complexity index is 959. The van der Waals surface area contributed by atoms with E-state index in [0.29, 0.717) is 29.4 Å². The van der Waals surface area contributed by atoms with Crippen LogP contribution in [0.4, 0.5) is 5.95 Å². The van der Waals surface area contributed by atoms with Gasteiger partial charge in [-0.2, -0.15) is 0 Å². The number of hydrogen-bond acceptors (Lipinski definition) is 4. The summed E-state index contributed by atoms with van der Waals surface area (Å²) in [6.07, 6.45) is 3.68. The fraction of sp³-hybridized carbons (Fsp3) is 0.227. The van der Waals surface area contributed by atoms with E-state index < -0.39 is 0 Å². The van der Waals surface area contributed by atoms with Gasteiger partial charge in [-0.15, -0.1) is 0 Å². The second-order valence-corrected chi connectivity index (χ2v) is 7.17. The van der Waals surface area contributed by atoms with E-state index >= 15 is 0 Å². The summed E-state index contributed by atoms with van der Waals surface area (Å²) in [6.45, 7) is 0.741. The lowest BCUT2D eigenvalue weighted by Gasteiger charge is -2.24. The topological polar surface area (TPSA) is 54.9 Å². The fourth-order valence-electron chi connectivity index (χ4n) is 3.52. The van der Waals surface area contributed by atoms with Crippen molar-refractivity contribution in [1.29, 1.82) is 0 Å². The first kappa shape index (κ1) is 17.7. The second kappa shape index (κ2) is 7.89. The third-order valence-corrected chi connectivity index (χ3v) is 5.27. The van der Waals surface area contributed by atoms with Gasteiger partial charge in [0.05, 0.1) is 11.3 Å². The molecule has 136 valence electrons. The highest BCUT2D eigenvalue weighted by Gasteiger charge is 2.29. The SMILES string of the molecule is O=C1C[C@@H](c2ccccc2Cl)Cc2nc(NCCc3ccccc3)ncc21. The lowest BCUT2D eigenvalue weighted by atomic mass is 9.82. The molecule has 0 bridgehead atoms. The molecule has 1 atom stereocenters. The summed E-state index contributed by atoms with van der Waals surface area (Å²) in [4.78, 5) is 21.5. The minimum absolute atomic E-state index is 0.0609. The molecule has 4 nitrogen and oxygen atoms in total. The van der Waals surface area contributed by atoms with Gasteiger partial charge < -0.3 is 5.32 Å². The monoisotopic (exact) mass is 377 g/mol. The molecular weight excluding hydrogens is 358 g/mol. The third kappa shape index (κ3) is 4.01. The molecule has 0 aliphatic heterocycles. The van der Waals surface area contributed by atoms with Crippen LogP contribution in [0.25, 0.3) is 0 Å². The quantitative estimate of drug-likeness (QED) is 0.700. The molecule has 0 saturated heterocycles. The van der Waals surface area contributed by atoms with Gasteiger partial charge in [0.1, 0.15) is 0 Å². The minimum Gasteiger partial charge on any atom is -0.354 e. The predicted molar refractivity (Wildman–Crippen MR) is 108 cm³/mol. The summed E-state index contributed by atoms with van der Waals surface area (Å²) in [5.41, 5.74) is 3.70. The zero-order valence-electron chi connectivity index (χ0n) is 14.9. The van der Waals surface area contributed by atoms with Crippen LogP contribution in [0.2, 0.25) is 5.02 Å². The first-order valence-corrected chi connectivity index (χ1v) is 9.50. The number of carbonyl (C=O) groups is 1. The Labute approximate surface area is 163 Å². The molecule has 0 radical (unpaired) electrons. The van der Waals surface area contributed by atoms with Gasteiger partial charge in [-0.25, -0.2) is 9.97 Å². The van der Waals surface area contributed by atoms with Crippen molar-refractivity contribution in [3.63, 3.8) is 0 Å². The molecule has 4 rings (SSSR count). The number of fused-ring (bicyclic) bond motifs is 1. The molecule has 3 aromatic rings. The van der Waals surface area contributed by atoms with Crippen molar-refractivity contribution in [3.05, 3.63) is 88.2 Å². The number of carbonyl (C=O) groups excluding carboxylic acids is 1. The molecule has 1 heterocycles. The van der Waals surface area contributed by atoms with E-state index in [9.17, 15) is 4.79 Å². The van der Waals surface area contributed by atoms with Gasteiger partial charge in [0.25, 0.3) is 0 Å². The molecule has 1 aliphatic carbocycles. The molecule has 0 fully saturated rings. The van der Waals surface area contributed by atoms with Crippen molar-refractivity contribution >= 4 is 23.3 Å². The van der Waals surface area contributed by atoms with Gasteiger partial charge in [0, 0.05) is 24.2 Å². The molecule has 0 spiro atoms. The zero-order chi connectivity index (χ0) is 18.6. The van der Waals surface area contributed by atoms with Crippen molar-refractivity contribution < 1.29 is 4.79 Å². The smallest absolute Gasteiger partial charge is 0.222 e. The average Bonchev–Trinajstić information content (AvgIpc) is 2.69. The standard InChI is InChI=1S/C22H20ClN3O/c23-19-9-5-4-8-17(19)16-12-20-18(21(27)13-16)14-25-22(26-20)24-11-10-15-6-2-1-3-7-15/h1-9,14,16H,10-13H2,(H,24,25,26)/t16-/m0/s1. The van der Waals surface area contributed by atoms with Crippen LogP contribution in [0, 0.1) is 0 Å². The largest absolute Gasteiger partial charge is 0.354 e. The predicted octanol–water partition coefficient (Wildman–Crippen LogP) is 4.70. The second-order valence-electron chi connectivity index (χ2n) is 6.77. The Hall–Kier alpha value is -2.72. The molecule has 27 heavy (non-hydrogen) atoms. The molecule has 0 amide bonds. The van der Waals surface area contributed by atoms with Crippen molar-refractivity contribution in [2.75, 3.05) is 11.9 Å². The molecule has 1 N–H and O–H groups in total. The summed E-state index contributed by atoms with van der Waals surface area (Å²) in [5.74, 6) is 0.708. The summed E-state index contributed by atoms with van der Waals surface area (Å²) in [7, 11) is 0. The molecule has 0 saturated carbocycles. The molecular formula is C22H20ClN3O. The van der Waals surface area contributed by atoms with E-state index in [4.69, 9.17) is 11.6 Å². The van der Waals surface area contributed by atoms with Crippen molar-refractivity contribution in [3.8, 4) is 0 Å². The minimum atomic E-state index is 0.0609. The summed E-state index contributed by atoms with van der Waals surface area (Å²) >= 11 is 6.33. The highest BCUT2D eigenvalue weighted by Crippen LogP contribution is 2.35. The Morgan fingerprint density at radius 3 is 2.63 bits per heavy atom. The van der Waals surface area contributed by atoms with Crippen molar-refractivity contribution in [1.82, 2.24) is 9.97 Å². The number of anilines is 1. The average molecular weight is 378 g/mol. The summed E-state index contributed by atoms with van der Waals surface area (Å²) < 4.78 is 0. The first-order chi connectivity index (χ1) is 13.2. The highest BCUT2D eigenvalue weighted by atomic mass is 35.5. The number of benzene rings is 2. The van der Waals surface area contributed by atoms with Crippen LogP contribution < -0.4 is 5.32 Å². The Morgan fingerprint density at radius 2 is 1.81 bits per heavy atom. The van der Waals surface area contributed by atoms with Crippen molar-refractivity contribution in [2.24, 2.45) is 0 Å². The Morgan fingerprint density at radius 1 is 1.04 bits per heavy atom. The molecule has 0 unspecified atom stereocenters. The van der Waals surface area contributed by atoms with E-state index in [-0.39, 0.29) is 11.7 Å². The summed E-state index contributed by atoms with van der Waals surface area (Å²) in [5, 5.41) is 3.97. The Balaban J connectivity index is 1.48. The van der Waals surface area contributed by atoms with Crippen LogP contribution in [0.5, 0.6) is 0 Å². The van der Waals surface area contributed by atoms with Crippen LogP contribution in [-0.2, 0) is 12.8 Å². The Kier molecular flexibility index (Phi) is 5.16. The lowest BCUT2D eigenvalue weighted by Crippen LogP contribution is -2.22. The van der Waals surface area contributed by atoms with Gasteiger partial charge in [-0.3, -0.25) is 4.79 Å². The number of ketones is 1. The van der Waals surface area contributed by atoms with Crippen LogP contribution in [0.15, 0.2) is 60.8 Å². The normalized spacial score (nSPS) is 16.0. The van der Waals surface area contributed by atoms with E-state index in [0.717, 1.165) is 24.2 Å². The van der Waals surface area contributed by atoms with E-state index in [2.05, 4.69) is 27.4 Å². The van der Waals surface area contributed by atoms with Gasteiger partial charge in [0.2, 0.25) is 5.95 Å². The third-order valence-electron chi connectivity index (χ3n) is 4.92. The summed E-state index contributed by atoms with van der Waals surface area (Å²) in [6, 6.07) is 18.0. The van der Waals surface area contributed by atoms with E-state index in [1.165, 1.54) is 5.56 Å². The van der Waals surface area contributed by atoms with Crippen LogP contribution >= 0.6 is 11.6 Å². The molecule has 5 heteroatoms. The van der Waals surface area contributed by atoms with Gasteiger partial charge >= 0.3 is 0 Å². The van der Waals surface area contributed by atoms with Gasteiger partial charge in [-0.05, 0) is 36.0 Å². The van der Waals surface area contributed by atoms with E-state index in [1.54, 1.807) is 6.20 Å². The lowest BCUT2D eigenvalue weighted by molar-refractivity contribution is 0.0963. The van der Waals surface area contributed by atoms with Gasteiger partial charge in [0.15, 0.2) is 5.78 Å². The van der Waals surface area contributed by atoms with Crippen molar-refractivity contribution in [2.45, 2.75) is 25.2 Å². The van der Waals surface area contributed by atoms with Crippen LogP contribution in [0.1, 0.15) is 39.5 Å². The number of nitrogens with zero attached hydrogens (tertiary/aromatic N) is 2. The number of halogens is 1. The maximum Gasteiger partial charge on any atom is 0.222 e. The molecule has 1 aliphatic rings. The van der Waals surface area contributed by atoms with Crippen LogP contribution in [0.3, 0.4) is 0 Å². The molecule has 2 aromatic carbocycles. The highest BCUT2D eigenvalue weighted by molar-refractivity contribution is 6.31. The number of nitrogens with one attached hydrogen (secondary N) is 1. The zero-order valence-corrected chi connectivity index (χ0v) is 15.6. The maximum atomic E-state index is 12.5. The number of Topliss-reactive ketones (excluding diaryl/α,β-unsaturated/α-hetero) is 1. The fourth-order valence-corrected chi connectivity index (χ4v) is 3.81. The van der Waals surface area contributed by atoms with E-state index in [1.807, 2.05) is 42.5 Å². The van der Waals surface area contributed by atoms with Gasteiger partial charge in [-0.1, -0.05) is 60.1 Å². The number of rotatable bonds is 5. The number of aromatic nitrogens is 2. The van der Waals surface area contributed by atoms with Crippen LogP contribution in [-0.4, -0.2) is 22.3 Å². The maximum absolute atomic E-state index is 12.5.